The van der Waals surface area contributed by atoms with E-state index in [1.807, 2.05) is 6.07 Å². The number of nitrogens with zero attached hydrogens (tertiary/aromatic N) is 3. The van der Waals surface area contributed by atoms with Gasteiger partial charge in [-0.05, 0) is 63.1 Å². The van der Waals surface area contributed by atoms with Gasteiger partial charge >= 0.3 is 0 Å². The Kier molecular flexibility index (Phi) is 4.21. The highest BCUT2D eigenvalue weighted by Crippen LogP contribution is 2.49. The number of hydrogen-bond acceptors (Lipinski definition) is 4. The number of aromatic nitrogens is 3. The fraction of sp³-hybridized carbons (Fsp3) is 0.0217. The van der Waals surface area contributed by atoms with Crippen LogP contribution < -0.4 is 0 Å². The molecule has 0 N–H and O–H groups in total. The van der Waals surface area contributed by atoms with Crippen molar-refractivity contribution < 1.29 is 19.2 Å². The van der Waals surface area contributed by atoms with Gasteiger partial charge in [-0.25, -0.2) is 15.0 Å². The Bertz CT molecular complexity index is 3510. The Balaban J connectivity index is 1.22. The van der Waals surface area contributed by atoms with Crippen molar-refractivity contribution in [3.63, 3.8) is 0 Å². The molecule has 2 aromatic heterocycles. The van der Waals surface area contributed by atoms with Gasteiger partial charge < -0.3 is 0 Å². The number of fused-ring (bicyclic) bond motifs is 6. The van der Waals surface area contributed by atoms with Gasteiger partial charge in [-0.1, -0.05) is 145 Å². The van der Waals surface area contributed by atoms with Crippen LogP contribution in [0.2, 0.25) is 0 Å². The van der Waals surface area contributed by atoms with Gasteiger partial charge in [-0.15, -0.1) is 11.3 Å². The standard InChI is InChI=1S/C46H29N3S/c1-3-12-29(13-4-1)31-22-24-36-35-18-7-8-20-39(35)43(40(36)27-31)32-16-11-17-33(26-32)45-47-44(30-14-5-2-6-15-30)48-46(49-45)34-23-25-38-37-19-9-10-21-41(37)50-42(38)28-34/h1-28,43H/i7D,8D,9D,10D,18D,19D,20D,21D,22D,23D,24D,25D,27D,28D. The number of benzene rings is 7. The van der Waals surface area contributed by atoms with Crippen LogP contribution in [-0.4, -0.2) is 15.0 Å². The Morgan fingerprint density at radius 3 is 1.94 bits per heavy atom. The summed E-state index contributed by atoms with van der Waals surface area (Å²) in [5.74, 6) is -0.871. The first-order chi connectivity index (χ1) is 30.6. The lowest BCUT2D eigenvalue weighted by atomic mass is 9.87. The Labute approximate surface area is 313 Å². The van der Waals surface area contributed by atoms with E-state index < -0.39 is 36.1 Å². The minimum atomic E-state index is -1.00. The Morgan fingerprint density at radius 1 is 0.460 bits per heavy atom. The van der Waals surface area contributed by atoms with Gasteiger partial charge in [-0.3, -0.25) is 0 Å². The van der Waals surface area contributed by atoms with Crippen LogP contribution in [0.5, 0.6) is 0 Å². The SMILES string of the molecule is [2H]c1c([2H])c([2H])c2c(c1[2H])-c1c([2H])c([2H])c(-c3ccccc3)c([2H])c1C2c1cccc(-c2nc(-c3ccccc3)nc(-c3c([2H])c([2H])c4c(sc5c([2H])c([2H])c([2H])c([2H])c54)c3[2H])n2)c1. The average molecular weight is 670 g/mol. The van der Waals surface area contributed by atoms with Crippen LogP contribution in [-0.2, 0) is 0 Å². The number of hydrogen-bond donors (Lipinski definition) is 0. The van der Waals surface area contributed by atoms with Gasteiger partial charge in [0, 0.05) is 42.8 Å². The first-order valence-electron chi connectivity index (χ1n) is 22.8. The molecule has 50 heavy (non-hydrogen) atoms. The lowest BCUT2D eigenvalue weighted by molar-refractivity contribution is 1.01. The molecule has 234 valence electrons. The Hall–Kier alpha value is -6.23. The third-order valence-electron chi connectivity index (χ3n) is 8.70. The molecule has 10 rings (SSSR count). The predicted octanol–water partition coefficient (Wildman–Crippen LogP) is 12.1. The number of rotatable bonds is 5. The fourth-order valence-corrected chi connectivity index (χ4v) is 7.37. The third-order valence-corrected chi connectivity index (χ3v) is 9.72. The van der Waals surface area contributed by atoms with Crippen molar-refractivity contribution in [1.82, 2.24) is 15.0 Å². The Morgan fingerprint density at radius 2 is 1.10 bits per heavy atom. The lowest BCUT2D eigenvalue weighted by Gasteiger charge is -2.17. The first-order valence-corrected chi connectivity index (χ1v) is 16.6. The van der Waals surface area contributed by atoms with E-state index in [4.69, 9.17) is 28.7 Å². The van der Waals surface area contributed by atoms with Crippen LogP contribution in [0, 0.1) is 0 Å². The molecule has 0 saturated heterocycles. The zero-order valence-electron chi connectivity index (χ0n) is 39.9. The fourth-order valence-electron chi connectivity index (χ4n) is 6.40. The summed E-state index contributed by atoms with van der Waals surface area (Å²) in [5.41, 5.74) is 2.56. The van der Waals surface area contributed by atoms with Crippen molar-refractivity contribution in [2.75, 3.05) is 0 Å². The van der Waals surface area contributed by atoms with Gasteiger partial charge in [0.25, 0.3) is 0 Å². The average Bonchev–Trinajstić information content (AvgIpc) is 3.90. The van der Waals surface area contributed by atoms with Crippen LogP contribution in [0.4, 0.5) is 0 Å². The molecule has 1 atom stereocenters. The smallest absolute Gasteiger partial charge is 0.164 e. The van der Waals surface area contributed by atoms with E-state index in [1.54, 1.807) is 78.9 Å². The molecule has 0 fully saturated rings. The largest absolute Gasteiger partial charge is 0.208 e. The second-order valence-electron chi connectivity index (χ2n) is 11.7. The van der Waals surface area contributed by atoms with E-state index in [0.29, 0.717) is 22.3 Å². The summed E-state index contributed by atoms with van der Waals surface area (Å²) in [7, 11) is 0. The van der Waals surface area contributed by atoms with Crippen molar-refractivity contribution in [3.05, 3.63) is 186 Å². The summed E-state index contributed by atoms with van der Waals surface area (Å²) in [6.07, 6.45) is 0. The van der Waals surface area contributed by atoms with Gasteiger partial charge in [0.2, 0.25) is 0 Å². The van der Waals surface area contributed by atoms with Crippen LogP contribution >= 0.6 is 11.3 Å². The van der Waals surface area contributed by atoms with Crippen LogP contribution in [0.25, 0.3) is 76.6 Å². The molecule has 1 aliphatic carbocycles. The quantitative estimate of drug-likeness (QED) is 0.183. The summed E-state index contributed by atoms with van der Waals surface area (Å²) in [6.45, 7) is 0. The van der Waals surface area contributed by atoms with Gasteiger partial charge in [0.1, 0.15) is 0 Å². The number of thiophene rings is 1. The van der Waals surface area contributed by atoms with Crippen molar-refractivity contribution in [3.8, 4) is 56.4 Å². The van der Waals surface area contributed by atoms with E-state index in [9.17, 15) is 5.48 Å². The van der Waals surface area contributed by atoms with Crippen molar-refractivity contribution in [2.45, 2.75) is 5.92 Å². The zero-order chi connectivity index (χ0) is 45.2. The maximum atomic E-state index is 9.62. The van der Waals surface area contributed by atoms with Gasteiger partial charge in [0.15, 0.2) is 17.5 Å². The summed E-state index contributed by atoms with van der Waals surface area (Å²) in [5, 5.41) is 0.120. The topological polar surface area (TPSA) is 38.7 Å². The monoisotopic (exact) mass is 669 g/mol. The maximum absolute atomic E-state index is 9.62. The summed E-state index contributed by atoms with van der Waals surface area (Å²) >= 11 is 0.929. The van der Waals surface area contributed by atoms with E-state index in [2.05, 4.69) is 0 Å². The molecular formula is C46H29N3S. The molecule has 0 bridgehead atoms. The van der Waals surface area contributed by atoms with Crippen LogP contribution in [0.15, 0.2) is 170 Å². The van der Waals surface area contributed by atoms with Gasteiger partial charge in [0.05, 0.1) is 19.2 Å². The molecule has 0 amide bonds. The molecule has 0 radical (unpaired) electrons. The van der Waals surface area contributed by atoms with Crippen molar-refractivity contribution >= 4 is 31.5 Å². The second-order valence-corrected chi connectivity index (χ2v) is 12.7. The zero-order valence-corrected chi connectivity index (χ0v) is 26.7. The molecule has 0 aliphatic heterocycles. The van der Waals surface area contributed by atoms with E-state index in [-0.39, 0.29) is 125 Å². The van der Waals surface area contributed by atoms with Crippen LogP contribution in [0.1, 0.15) is 41.8 Å². The molecule has 9 aromatic rings. The summed E-state index contributed by atoms with van der Waals surface area (Å²) < 4.78 is 125. The van der Waals surface area contributed by atoms with E-state index in [1.165, 1.54) is 0 Å². The molecular weight excluding hydrogens is 627 g/mol. The molecule has 7 aromatic carbocycles. The third kappa shape index (κ3) is 4.84. The first kappa shape index (κ1) is 18.0. The highest BCUT2D eigenvalue weighted by Gasteiger charge is 2.30. The maximum Gasteiger partial charge on any atom is 0.164 e. The van der Waals surface area contributed by atoms with E-state index >= 15 is 0 Å². The molecule has 1 aliphatic rings. The molecule has 3 nitrogen and oxygen atoms in total. The minimum absolute atomic E-state index is 0.0542. The van der Waals surface area contributed by atoms with E-state index in [0.717, 1.165) is 11.3 Å². The normalized spacial score (nSPS) is 17.3. The highest BCUT2D eigenvalue weighted by molar-refractivity contribution is 7.25. The van der Waals surface area contributed by atoms with Crippen LogP contribution in [0.3, 0.4) is 0 Å². The summed E-state index contributed by atoms with van der Waals surface area (Å²) in [4.78, 5) is 14.4. The molecule has 0 saturated carbocycles. The van der Waals surface area contributed by atoms with Crippen molar-refractivity contribution in [2.24, 2.45) is 0 Å². The molecule has 1 unspecified atom stereocenters. The highest BCUT2D eigenvalue weighted by atomic mass is 32.1. The minimum Gasteiger partial charge on any atom is -0.208 e. The van der Waals surface area contributed by atoms with Crippen molar-refractivity contribution in [1.29, 1.82) is 0 Å². The summed E-state index contributed by atoms with van der Waals surface area (Å²) in [6, 6.07) is 19.6. The van der Waals surface area contributed by atoms with Gasteiger partial charge in [-0.2, -0.15) is 0 Å². The molecule has 4 heteroatoms. The molecule has 0 spiro atoms. The molecule has 2 heterocycles. The lowest BCUT2D eigenvalue weighted by Crippen LogP contribution is -2.02. The predicted molar refractivity (Wildman–Crippen MR) is 207 cm³/mol. The second kappa shape index (κ2) is 11.7.